The smallest absolute Gasteiger partial charge is 0.407 e. The SMILES string of the molecule is COC(=O)N[C@H](C(=O)N1CCC[C@H]1c1nc2cc(-c3ccc4cc(-c5ccc6[nH]c([C@@H]7CCCN7C(=O)[C@@H](C)C(C)C)nc6c5)ccc4c3)ccc2[nH]1)C(C)C. The lowest BCUT2D eigenvalue weighted by Crippen LogP contribution is -2.51. The molecule has 290 valence electrons. The van der Waals surface area contributed by atoms with E-state index in [1.807, 2.05) is 30.6 Å². The average molecular weight is 754 g/mol. The molecule has 2 aliphatic rings. The number of benzene rings is 4. The summed E-state index contributed by atoms with van der Waals surface area (Å²) < 4.78 is 4.78. The number of methoxy groups -OCH3 is 1. The predicted molar refractivity (Wildman–Crippen MR) is 220 cm³/mol. The summed E-state index contributed by atoms with van der Waals surface area (Å²) in [5, 5.41) is 5.00. The van der Waals surface area contributed by atoms with Gasteiger partial charge in [-0.2, -0.15) is 0 Å². The molecule has 0 unspecified atom stereocenters. The van der Waals surface area contributed by atoms with E-state index >= 15 is 0 Å². The normalized spacial score (nSPS) is 18.4. The first-order valence-electron chi connectivity index (χ1n) is 20.0. The molecule has 8 rings (SSSR count). The van der Waals surface area contributed by atoms with Crippen molar-refractivity contribution >= 4 is 50.7 Å². The number of imidazole rings is 2. The van der Waals surface area contributed by atoms with Crippen molar-refractivity contribution in [2.24, 2.45) is 17.8 Å². The van der Waals surface area contributed by atoms with Gasteiger partial charge in [0, 0.05) is 19.0 Å². The first-order valence-corrected chi connectivity index (χ1v) is 20.0. The molecule has 2 saturated heterocycles. The van der Waals surface area contributed by atoms with Crippen molar-refractivity contribution in [3.05, 3.63) is 84.4 Å². The van der Waals surface area contributed by atoms with Gasteiger partial charge in [0.15, 0.2) is 0 Å². The van der Waals surface area contributed by atoms with Gasteiger partial charge >= 0.3 is 6.09 Å². The van der Waals surface area contributed by atoms with Crippen LogP contribution in [0.4, 0.5) is 4.79 Å². The summed E-state index contributed by atoms with van der Waals surface area (Å²) in [6.45, 7) is 11.5. The van der Waals surface area contributed by atoms with Crippen LogP contribution in [0.2, 0.25) is 0 Å². The fraction of sp³-hybridized carbons (Fsp3) is 0.400. The van der Waals surface area contributed by atoms with Crippen LogP contribution in [0.1, 0.15) is 84.0 Å². The summed E-state index contributed by atoms with van der Waals surface area (Å²) >= 11 is 0. The molecule has 3 N–H and O–H groups in total. The van der Waals surface area contributed by atoms with Gasteiger partial charge in [0.05, 0.1) is 41.3 Å². The van der Waals surface area contributed by atoms with E-state index in [0.29, 0.717) is 12.5 Å². The number of nitrogens with zero attached hydrogens (tertiary/aromatic N) is 4. The number of fused-ring (bicyclic) bond motifs is 3. The fourth-order valence-corrected chi connectivity index (χ4v) is 8.39. The van der Waals surface area contributed by atoms with E-state index in [9.17, 15) is 14.4 Å². The molecule has 2 fully saturated rings. The highest BCUT2D eigenvalue weighted by molar-refractivity contribution is 5.93. The highest BCUT2D eigenvalue weighted by atomic mass is 16.5. The third-order valence-corrected chi connectivity index (χ3v) is 12.0. The average Bonchev–Trinajstić information content (AvgIpc) is 4.03. The zero-order valence-corrected chi connectivity index (χ0v) is 33.1. The number of hydrogen-bond acceptors (Lipinski definition) is 6. The van der Waals surface area contributed by atoms with Crippen LogP contribution in [0.25, 0.3) is 55.1 Å². The largest absolute Gasteiger partial charge is 0.453 e. The molecule has 11 nitrogen and oxygen atoms in total. The van der Waals surface area contributed by atoms with Gasteiger partial charge in [-0.15, -0.1) is 0 Å². The Hall–Kier alpha value is -5.71. The Labute approximate surface area is 327 Å². The van der Waals surface area contributed by atoms with Gasteiger partial charge in [-0.1, -0.05) is 71.0 Å². The first-order chi connectivity index (χ1) is 27.0. The lowest BCUT2D eigenvalue weighted by Gasteiger charge is -2.29. The number of rotatable bonds is 9. The Morgan fingerprint density at radius 3 is 1.59 bits per heavy atom. The van der Waals surface area contributed by atoms with Crippen LogP contribution < -0.4 is 5.32 Å². The van der Waals surface area contributed by atoms with E-state index in [4.69, 9.17) is 14.7 Å². The summed E-state index contributed by atoms with van der Waals surface area (Å²) in [6, 6.07) is 24.8. The maximum Gasteiger partial charge on any atom is 0.407 e. The van der Waals surface area contributed by atoms with E-state index in [1.165, 1.54) is 7.11 Å². The fourth-order valence-electron chi connectivity index (χ4n) is 8.39. The quantitative estimate of drug-likeness (QED) is 0.135. The molecule has 0 bridgehead atoms. The molecular weight excluding hydrogens is 703 g/mol. The van der Waals surface area contributed by atoms with Crippen LogP contribution >= 0.6 is 0 Å². The number of carbonyl (C=O) groups excluding carboxylic acids is 3. The molecule has 56 heavy (non-hydrogen) atoms. The second-order valence-electron chi connectivity index (χ2n) is 16.3. The van der Waals surface area contributed by atoms with Crippen LogP contribution in [0.3, 0.4) is 0 Å². The van der Waals surface area contributed by atoms with Crippen molar-refractivity contribution in [1.29, 1.82) is 0 Å². The van der Waals surface area contributed by atoms with Crippen molar-refractivity contribution in [1.82, 2.24) is 35.1 Å². The molecule has 4 aromatic carbocycles. The van der Waals surface area contributed by atoms with E-state index in [-0.39, 0.29) is 35.7 Å². The molecule has 0 saturated carbocycles. The monoisotopic (exact) mass is 753 g/mol. The van der Waals surface area contributed by atoms with Crippen molar-refractivity contribution in [2.75, 3.05) is 20.2 Å². The van der Waals surface area contributed by atoms with Gasteiger partial charge in [-0.05, 0) is 107 Å². The lowest BCUT2D eigenvalue weighted by molar-refractivity contribution is -0.137. The molecule has 2 aliphatic heterocycles. The number of aromatic amines is 2. The van der Waals surface area contributed by atoms with Gasteiger partial charge < -0.3 is 29.8 Å². The number of hydrogen-bond donors (Lipinski definition) is 3. The molecule has 6 aromatic rings. The summed E-state index contributed by atoms with van der Waals surface area (Å²) in [7, 11) is 1.30. The van der Waals surface area contributed by atoms with Crippen molar-refractivity contribution in [2.45, 2.75) is 78.4 Å². The molecule has 0 aliphatic carbocycles. The number of ether oxygens (including phenoxy) is 1. The van der Waals surface area contributed by atoms with Crippen molar-refractivity contribution < 1.29 is 19.1 Å². The number of nitrogens with one attached hydrogen (secondary N) is 3. The van der Waals surface area contributed by atoms with E-state index in [2.05, 4.69) is 102 Å². The zero-order valence-electron chi connectivity index (χ0n) is 33.1. The van der Waals surface area contributed by atoms with E-state index in [1.54, 1.807) is 0 Å². The molecule has 11 heteroatoms. The summed E-state index contributed by atoms with van der Waals surface area (Å²) in [5.41, 5.74) is 8.01. The van der Waals surface area contributed by atoms with Gasteiger partial charge in [-0.3, -0.25) is 9.59 Å². The maximum absolute atomic E-state index is 13.6. The van der Waals surface area contributed by atoms with E-state index < -0.39 is 12.1 Å². The number of aromatic nitrogens is 4. The second kappa shape index (κ2) is 15.1. The summed E-state index contributed by atoms with van der Waals surface area (Å²) in [4.78, 5) is 59.8. The van der Waals surface area contributed by atoms with Gasteiger partial charge in [0.1, 0.15) is 17.7 Å². The van der Waals surface area contributed by atoms with Crippen LogP contribution in [0, 0.1) is 17.8 Å². The third kappa shape index (κ3) is 6.99. The molecule has 0 spiro atoms. The molecular formula is C45H51N7O4. The Morgan fingerprint density at radius 2 is 1.12 bits per heavy atom. The Bertz CT molecular complexity index is 2450. The van der Waals surface area contributed by atoms with Crippen LogP contribution in [-0.2, 0) is 14.3 Å². The van der Waals surface area contributed by atoms with Gasteiger partial charge in [0.25, 0.3) is 0 Å². The molecule has 4 heterocycles. The Balaban J connectivity index is 1.00. The van der Waals surface area contributed by atoms with Gasteiger partial charge in [-0.25, -0.2) is 14.8 Å². The van der Waals surface area contributed by atoms with Crippen LogP contribution in [-0.4, -0.2) is 73.9 Å². The summed E-state index contributed by atoms with van der Waals surface area (Å²) in [6.07, 6.45) is 2.95. The third-order valence-electron chi connectivity index (χ3n) is 12.0. The minimum atomic E-state index is -0.679. The number of H-pyrrole nitrogens is 2. The zero-order chi connectivity index (χ0) is 39.2. The maximum atomic E-state index is 13.6. The number of carbonyl (C=O) groups is 3. The van der Waals surface area contributed by atoms with E-state index in [0.717, 1.165) is 99.0 Å². The molecule has 4 atom stereocenters. The minimum absolute atomic E-state index is 0.0136. The van der Waals surface area contributed by atoms with Crippen LogP contribution in [0.15, 0.2) is 72.8 Å². The highest BCUT2D eigenvalue weighted by Crippen LogP contribution is 2.37. The number of alkyl carbamates (subject to hydrolysis) is 1. The van der Waals surface area contributed by atoms with Gasteiger partial charge in [0.2, 0.25) is 11.8 Å². The highest BCUT2D eigenvalue weighted by Gasteiger charge is 2.38. The second-order valence-corrected chi connectivity index (χ2v) is 16.3. The minimum Gasteiger partial charge on any atom is -0.453 e. The van der Waals surface area contributed by atoms with Crippen molar-refractivity contribution in [3.8, 4) is 22.3 Å². The van der Waals surface area contributed by atoms with Crippen LogP contribution in [0.5, 0.6) is 0 Å². The van der Waals surface area contributed by atoms with Crippen molar-refractivity contribution in [3.63, 3.8) is 0 Å². The number of amides is 3. The Morgan fingerprint density at radius 1 is 0.661 bits per heavy atom. The predicted octanol–water partition coefficient (Wildman–Crippen LogP) is 8.93. The molecule has 3 amide bonds. The first kappa shape index (κ1) is 37.2. The topological polar surface area (TPSA) is 136 Å². The number of likely N-dealkylation sites (tertiary alicyclic amines) is 2. The molecule has 2 aromatic heterocycles. The standard InChI is InChI=1S/C45H51N7O4/c1-25(2)27(5)43(53)51-19-7-9-38(51)41-46-34-17-15-32(23-36(34)48-41)30-13-11-29-22-31(14-12-28(29)21-30)33-16-18-35-37(24-33)49-42(47-35)39-10-8-20-52(39)44(54)40(26(3)4)50-45(55)56-6/h11-18,21-27,38-40H,7-10,19-20H2,1-6H3,(H,46,48)(H,47,49)(H,50,55)/t27-,38-,39-,40-/m0/s1. The summed E-state index contributed by atoms with van der Waals surface area (Å²) in [5.74, 6) is 1.91. The Kier molecular flexibility index (Phi) is 10.0. The lowest BCUT2D eigenvalue weighted by atomic mass is 9.96. The molecule has 0 radical (unpaired) electrons.